The summed E-state index contributed by atoms with van der Waals surface area (Å²) in [5.41, 5.74) is 1.25. The van der Waals surface area contributed by atoms with Gasteiger partial charge in [-0.05, 0) is 27.6 Å². The normalized spacial score (nSPS) is 18.2. The molecule has 0 fully saturated rings. The number of aromatic hydroxyl groups is 2. The quantitative estimate of drug-likeness (QED) is 0.678. The maximum Gasteiger partial charge on any atom is 0.328 e. The second kappa shape index (κ2) is 3.79. The van der Waals surface area contributed by atoms with Crippen LogP contribution in [0, 0.1) is 0 Å². The number of phenols is 2. The van der Waals surface area contributed by atoms with Gasteiger partial charge in [-0.1, -0.05) is 0 Å². The first-order valence-electron chi connectivity index (χ1n) is 4.50. The van der Waals surface area contributed by atoms with Crippen molar-refractivity contribution in [3.8, 4) is 11.5 Å². The van der Waals surface area contributed by atoms with Gasteiger partial charge >= 0.3 is 5.97 Å². The van der Waals surface area contributed by atoms with Crippen LogP contribution in [0.3, 0.4) is 0 Å². The van der Waals surface area contributed by atoms with Crippen molar-refractivity contribution in [2.24, 2.45) is 4.99 Å². The van der Waals surface area contributed by atoms with E-state index in [-0.39, 0.29) is 17.9 Å². The van der Waals surface area contributed by atoms with Crippen molar-refractivity contribution < 1.29 is 20.1 Å². The van der Waals surface area contributed by atoms with E-state index in [1.807, 2.05) is 0 Å². The number of nitrogens with zero attached hydrogens (tertiary/aromatic N) is 1. The third-order valence-corrected chi connectivity index (χ3v) is 3.23. The highest BCUT2D eigenvalue weighted by Crippen LogP contribution is 2.39. The van der Waals surface area contributed by atoms with Crippen LogP contribution in [0.4, 0.5) is 0 Å². The summed E-state index contributed by atoms with van der Waals surface area (Å²) in [6.07, 6.45) is 1.59. The molecule has 0 saturated heterocycles. The number of halogens is 1. The summed E-state index contributed by atoms with van der Waals surface area (Å²) in [5.74, 6) is -1.55. The van der Waals surface area contributed by atoms with Gasteiger partial charge in [0.1, 0.15) is 0 Å². The number of rotatable bonds is 1. The predicted molar refractivity (Wildman–Crippen MR) is 60.2 cm³/mol. The molecule has 0 amide bonds. The summed E-state index contributed by atoms with van der Waals surface area (Å²) in [5, 5.41) is 27.7. The van der Waals surface area contributed by atoms with Crippen LogP contribution in [0.5, 0.6) is 11.5 Å². The van der Waals surface area contributed by atoms with Crippen LogP contribution in [0.25, 0.3) is 0 Å². The molecule has 0 spiro atoms. The summed E-state index contributed by atoms with van der Waals surface area (Å²) in [4.78, 5) is 14.6. The number of hydrogen-bond acceptors (Lipinski definition) is 4. The van der Waals surface area contributed by atoms with Gasteiger partial charge in [0.05, 0.1) is 4.47 Å². The Kier molecular flexibility index (Phi) is 2.59. The number of hydrogen-bond donors (Lipinski definition) is 3. The van der Waals surface area contributed by atoms with Crippen molar-refractivity contribution in [2.75, 3.05) is 0 Å². The van der Waals surface area contributed by atoms with Gasteiger partial charge in [0.15, 0.2) is 17.5 Å². The number of carbonyl (C=O) groups is 1. The van der Waals surface area contributed by atoms with Crippen molar-refractivity contribution in [1.82, 2.24) is 0 Å². The highest BCUT2D eigenvalue weighted by molar-refractivity contribution is 9.10. The Morgan fingerprint density at radius 1 is 1.50 bits per heavy atom. The molecule has 0 aromatic heterocycles. The highest BCUT2D eigenvalue weighted by atomic mass is 79.9. The van der Waals surface area contributed by atoms with Crippen LogP contribution in [0.2, 0.25) is 0 Å². The molecule has 1 heterocycles. The fraction of sp³-hybridized carbons (Fsp3) is 0.200. The van der Waals surface area contributed by atoms with Gasteiger partial charge in [-0.2, -0.15) is 0 Å². The third kappa shape index (κ3) is 1.65. The van der Waals surface area contributed by atoms with E-state index >= 15 is 0 Å². The van der Waals surface area contributed by atoms with Crippen LogP contribution < -0.4 is 0 Å². The lowest BCUT2D eigenvalue weighted by molar-refractivity contribution is -0.138. The Morgan fingerprint density at radius 2 is 2.19 bits per heavy atom. The molecule has 1 aromatic carbocycles. The smallest absolute Gasteiger partial charge is 0.328 e. The average molecular weight is 286 g/mol. The first kappa shape index (κ1) is 10.9. The number of fused-ring (bicyclic) bond motifs is 1. The van der Waals surface area contributed by atoms with Crippen molar-refractivity contribution in [2.45, 2.75) is 12.5 Å². The molecule has 1 aromatic rings. The molecule has 6 heteroatoms. The van der Waals surface area contributed by atoms with Gasteiger partial charge in [-0.15, -0.1) is 0 Å². The third-order valence-electron chi connectivity index (χ3n) is 2.43. The predicted octanol–water partition coefficient (Wildman–Crippen LogP) is 1.29. The van der Waals surface area contributed by atoms with E-state index in [0.717, 1.165) is 0 Å². The van der Waals surface area contributed by atoms with E-state index in [4.69, 9.17) is 5.11 Å². The molecule has 0 bridgehead atoms. The molecule has 3 N–H and O–H groups in total. The molecule has 5 nitrogen and oxygen atoms in total. The fourth-order valence-corrected chi connectivity index (χ4v) is 2.14. The largest absolute Gasteiger partial charge is 0.504 e. The van der Waals surface area contributed by atoms with Gasteiger partial charge in [-0.25, -0.2) is 4.79 Å². The summed E-state index contributed by atoms with van der Waals surface area (Å²) in [6, 6.07) is 0.527. The Hall–Kier alpha value is -1.56. The monoisotopic (exact) mass is 285 g/mol. The zero-order valence-corrected chi connectivity index (χ0v) is 9.60. The van der Waals surface area contributed by atoms with Crippen LogP contribution in [-0.2, 0) is 11.2 Å². The number of aliphatic imine (C=N–C) groups is 1. The SMILES string of the molecule is O=C(O)C1Cc2cc(O)c(O)c(Br)c2C=N1. The minimum Gasteiger partial charge on any atom is -0.504 e. The van der Waals surface area contributed by atoms with Crippen LogP contribution >= 0.6 is 15.9 Å². The van der Waals surface area contributed by atoms with E-state index < -0.39 is 12.0 Å². The summed E-state index contributed by atoms with van der Waals surface area (Å²) < 4.78 is 0.329. The van der Waals surface area contributed by atoms with E-state index in [0.29, 0.717) is 15.6 Å². The molecular weight excluding hydrogens is 278 g/mol. The molecule has 0 aliphatic carbocycles. The number of phenolic OH excluding ortho intramolecular Hbond substituents is 2. The molecule has 0 saturated carbocycles. The topological polar surface area (TPSA) is 90.1 Å². The molecule has 84 valence electrons. The highest BCUT2D eigenvalue weighted by Gasteiger charge is 2.24. The number of carboxylic acids is 1. The standard InChI is InChI=1S/C10H8BrNO4/c11-8-5-3-12-6(10(15)16)1-4(5)2-7(13)9(8)14/h2-3,6,13-14H,1H2,(H,15,16). The molecule has 16 heavy (non-hydrogen) atoms. The lowest BCUT2D eigenvalue weighted by atomic mass is 9.97. The molecule has 0 radical (unpaired) electrons. The molecule has 1 aliphatic heterocycles. The van der Waals surface area contributed by atoms with Gasteiger partial charge in [0.25, 0.3) is 0 Å². The van der Waals surface area contributed by atoms with Gasteiger partial charge in [0, 0.05) is 18.2 Å². The minimum absolute atomic E-state index is 0.202. The average Bonchev–Trinajstić information content (AvgIpc) is 2.25. The zero-order valence-electron chi connectivity index (χ0n) is 8.01. The maximum atomic E-state index is 10.8. The Bertz CT molecular complexity index is 498. The summed E-state index contributed by atoms with van der Waals surface area (Å²) in [7, 11) is 0. The molecule has 1 aliphatic rings. The van der Waals surface area contributed by atoms with Crippen LogP contribution in [-0.4, -0.2) is 33.5 Å². The first-order chi connectivity index (χ1) is 7.50. The maximum absolute atomic E-state index is 10.8. The Labute approximate surface area is 99.2 Å². The molecule has 2 rings (SSSR count). The zero-order chi connectivity index (χ0) is 11.9. The number of benzene rings is 1. The molecule has 1 atom stereocenters. The van der Waals surface area contributed by atoms with E-state index in [1.54, 1.807) is 0 Å². The second-order valence-electron chi connectivity index (χ2n) is 3.47. The molecule has 1 unspecified atom stereocenters. The van der Waals surface area contributed by atoms with Gasteiger partial charge in [0.2, 0.25) is 0 Å². The van der Waals surface area contributed by atoms with Gasteiger partial charge < -0.3 is 15.3 Å². The lowest BCUT2D eigenvalue weighted by Gasteiger charge is -2.17. The minimum atomic E-state index is -1.01. The molecular formula is C10H8BrNO4. The van der Waals surface area contributed by atoms with E-state index in [1.165, 1.54) is 12.3 Å². The Morgan fingerprint density at radius 3 is 2.81 bits per heavy atom. The lowest BCUT2D eigenvalue weighted by Crippen LogP contribution is -2.24. The Balaban J connectivity index is 2.52. The number of aliphatic carboxylic acids is 1. The first-order valence-corrected chi connectivity index (χ1v) is 5.29. The van der Waals surface area contributed by atoms with Crippen LogP contribution in [0.15, 0.2) is 15.5 Å². The second-order valence-corrected chi connectivity index (χ2v) is 4.26. The summed E-state index contributed by atoms with van der Waals surface area (Å²) >= 11 is 3.13. The van der Waals surface area contributed by atoms with E-state index in [9.17, 15) is 15.0 Å². The van der Waals surface area contributed by atoms with Crippen molar-refractivity contribution in [1.29, 1.82) is 0 Å². The van der Waals surface area contributed by atoms with Gasteiger partial charge in [-0.3, -0.25) is 4.99 Å². The van der Waals surface area contributed by atoms with Crippen molar-refractivity contribution in [3.05, 3.63) is 21.7 Å². The number of carboxylic acid groups (broad SMARTS) is 1. The van der Waals surface area contributed by atoms with E-state index in [2.05, 4.69) is 20.9 Å². The summed E-state index contributed by atoms with van der Waals surface area (Å²) in [6.45, 7) is 0. The van der Waals surface area contributed by atoms with Crippen LogP contribution in [0.1, 0.15) is 11.1 Å². The van der Waals surface area contributed by atoms with Crippen molar-refractivity contribution in [3.63, 3.8) is 0 Å². The fourth-order valence-electron chi connectivity index (χ4n) is 1.58. The van der Waals surface area contributed by atoms with Crippen molar-refractivity contribution >= 4 is 28.1 Å².